The molecule has 0 radical (unpaired) electrons. The molecule has 3 heterocycles. The highest BCUT2D eigenvalue weighted by Gasteiger charge is 2.35. The highest BCUT2D eigenvalue weighted by atomic mass is 32.2. The van der Waals surface area contributed by atoms with Crippen LogP contribution in [0.5, 0.6) is 5.75 Å². The Morgan fingerprint density at radius 1 is 1.27 bits per heavy atom. The molecule has 1 unspecified atom stereocenters. The van der Waals surface area contributed by atoms with Gasteiger partial charge in [0.1, 0.15) is 10.6 Å². The van der Waals surface area contributed by atoms with Gasteiger partial charge in [0.15, 0.2) is 5.65 Å². The van der Waals surface area contributed by atoms with E-state index in [2.05, 4.69) is 10.1 Å². The van der Waals surface area contributed by atoms with Crippen LogP contribution in [-0.4, -0.2) is 47.5 Å². The van der Waals surface area contributed by atoms with Gasteiger partial charge in [-0.3, -0.25) is 9.89 Å². The van der Waals surface area contributed by atoms with Gasteiger partial charge in [0.05, 0.1) is 7.11 Å². The van der Waals surface area contributed by atoms with E-state index in [1.807, 2.05) is 32.9 Å². The molecule has 1 fully saturated rings. The monoisotopic (exact) mass is 430 g/mol. The standard InChI is InChI=1S/C21H26N4O4S/c1-5-16-14(3)22-20-11-17(23-25(20)21(16)26)15-8-9-24(12-15)30(27,28)19-10-13(2)6-7-18(19)29-4/h6-7,10-11,15,23H,5,8-9,12H2,1-4H3. The van der Waals surface area contributed by atoms with Gasteiger partial charge in [0, 0.05) is 42.0 Å². The van der Waals surface area contributed by atoms with Gasteiger partial charge in [0.25, 0.3) is 5.56 Å². The highest BCUT2D eigenvalue weighted by molar-refractivity contribution is 7.89. The lowest BCUT2D eigenvalue weighted by atomic mass is 10.1. The first-order valence-electron chi connectivity index (χ1n) is 10.0. The SMILES string of the molecule is CCc1c(C)nc2cc(C3CCN(S(=O)(=O)c4cc(C)ccc4OC)C3)[nH]n2c1=O. The number of nitrogens with one attached hydrogen (secondary N) is 1. The first kappa shape index (κ1) is 20.6. The number of fused-ring (bicyclic) bond motifs is 1. The zero-order valence-electron chi connectivity index (χ0n) is 17.6. The molecule has 8 nitrogen and oxygen atoms in total. The lowest BCUT2D eigenvalue weighted by Crippen LogP contribution is -2.29. The molecule has 0 bridgehead atoms. The van der Waals surface area contributed by atoms with E-state index in [9.17, 15) is 13.2 Å². The number of hydrogen-bond donors (Lipinski definition) is 1. The number of methoxy groups -OCH3 is 1. The van der Waals surface area contributed by atoms with Crippen molar-refractivity contribution in [2.75, 3.05) is 20.2 Å². The first-order valence-corrected chi connectivity index (χ1v) is 11.5. The molecule has 9 heteroatoms. The molecule has 0 spiro atoms. The summed E-state index contributed by atoms with van der Waals surface area (Å²) < 4.78 is 34.8. The van der Waals surface area contributed by atoms with Gasteiger partial charge in [-0.2, -0.15) is 4.31 Å². The van der Waals surface area contributed by atoms with Crippen molar-refractivity contribution in [2.45, 2.75) is 44.4 Å². The number of rotatable bonds is 5. The van der Waals surface area contributed by atoms with Gasteiger partial charge < -0.3 is 4.74 Å². The van der Waals surface area contributed by atoms with Gasteiger partial charge in [-0.25, -0.2) is 17.9 Å². The van der Waals surface area contributed by atoms with Crippen LogP contribution >= 0.6 is 0 Å². The molecule has 1 aliphatic heterocycles. The van der Waals surface area contributed by atoms with Crippen LogP contribution in [0.3, 0.4) is 0 Å². The number of aryl methyl sites for hydroxylation is 2. The molecule has 0 saturated carbocycles. The van der Waals surface area contributed by atoms with Crippen molar-refractivity contribution in [3.8, 4) is 5.75 Å². The Balaban J connectivity index is 1.66. The minimum Gasteiger partial charge on any atom is -0.495 e. The Kier molecular flexibility index (Phi) is 5.19. The van der Waals surface area contributed by atoms with Crippen LogP contribution in [0.2, 0.25) is 0 Å². The third-order valence-corrected chi connectivity index (χ3v) is 7.70. The topological polar surface area (TPSA) is 96.8 Å². The molecular weight excluding hydrogens is 404 g/mol. The van der Waals surface area contributed by atoms with Crippen molar-refractivity contribution >= 4 is 15.7 Å². The number of hydrogen-bond acceptors (Lipinski definition) is 5. The van der Waals surface area contributed by atoms with E-state index in [1.54, 1.807) is 12.1 Å². The molecule has 1 aliphatic rings. The van der Waals surface area contributed by atoms with Gasteiger partial charge in [0.2, 0.25) is 10.0 Å². The molecule has 1 N–H and O–H groups in total. The second kappa shape index (κ2) is 7.55. The summed E-state index contributed by atoms with van der Waals surface area (Å²) in [4.78, 5) is 17.4. The molecule has 1 aromatic carbocycles. The molecule has 160 valence electrons. The van der Waals surface area contributed by atoms with Crippen LogP contribution in [-0.2, 0) is 16.4 Å². The van der Waals surface area contributed by atoms with E-state index < -0.39 is 10.0 Å². The number of aromatic amines is 1. The fraction of sp³-hybridized carbons (Fsp3) is 0.429. The summed E-state index contributed by atoms with van der Waals surface area (Å²) in [5.74, 6) is 0.301. The summed E-state index contributed by atoms with van der Waals surface area (Å²) in [6.07, 6.45) is 1.28. The van der Waals surface area contributed by atoms with Crippen molar-refractivity contribution in [1.29, 1.82) is 0 Å². The number of H-pyrrole nitrogens is 1. The molecule has 3 aromatic rings. The fourth-order valence-electron chi connectivity index (χ4n) is 4.13. The van der Waals surface area contributed by atoms with Crippen molar-refractivity contribution < 1.29 is 13.2 Å². The third-order valence-electron chi connectivity index (χ3n) is 5.82. The normalized spacial score (nSPS) is 17.7. The number of aromatic nitrogens is 3. The first-order chi connectivity index (χ1) is 14.3. The Morgan fingerprint density at radius 3 is 2.73 bits per heavy atom. The zero-order chi connectivity index (χ0) is 21.6. The molecule has 4 rings (SSSR count). The van der Waals surface area contributed by atoms with Crippen LogP contribution < -0.4 is 10.3 Å². The number of sulfonamides is 1. The van der Waals surface area contributed by atoms with E-state index in [-0.39, 0.29) is 16.4 Å². The molecule has 2 aromatic heterocycles. The molecule has 1 atom stereocenters. The van der Waals surface area contributed by atoms with Crippen molar-refractivity contribution in [2.24, 2.45) is 0 Å². The second-order valence-corrected chi connectivity index (χ2v) is 9.65. The Bertz CT molecular complexity index is 1280. The van der Waals surface area contributed by atoms with Crippen LogP contribution in [0, 0.1) is 13.8 Å². The Labute approximate surface area is 175 Å². The lowest BCUT2D eigenvalue weighted by Gasteiger charge is -2.18. The summed E-state index contributed by atoms with van der Waals surface area (Å²) in [5.41, 5.74) is 3.55. The van der Waals surface area contributed by atoms with Gasteiger partial charge in [-0.1, -0.05) is 13.0 Å². The minimum absolute atomic E-state index is 0.0398. The summed E-state index contributed by atoms with van der Waals surface area (Å²) in [6, 6.07) is 7.00. The van der Waals surface area contributed by atoms with Crippen LogP contribution in [0.4, 0.5) is 0 Å². The zero-order valence-corrected chi connectivity index (χ0v) is 18.4. The van der Waals surface area contributed by atoms with E-state index in [0.29, 0.717) is 42.9 Å². The average Bonchev–Trinajstić information content (AvgIpc) is 3.36. The maximum atomic E-state index is 13.3. The van der Waals surface area contributed by atoms with Crippen molar-refractivity contribution in [3.63, 3.8) is 0 Å². The number of nitrogens with zero attached hydrogens (tertiary/aromatic N) is 3. The lowest BCUT2D eigenvalue weighted by molar-refractivity contribution is 0.398. The van der Waals surface area contributed by atoms with Crippen molar-refractivity contribution in [3.05, 3.63) is 57.1 Å². The smallest absolute Gasteiger partial charge is 0.276 e. The van der Waals surface area contributed by atoms with Gasteiger partial charge >= 0.3 is 0 Å². The van der Waals surface area contributed by atoms with Crippen LogP contribution in [0.1, 0.15) is 41.8 Å². The quantitative estimate of drug-likeness (QED) is 0.670. The fourth-order valence-corrected chi connectivity index (χ4v) is 5.87. The number of ether oxygens (including phenoxy) is 1. The maximum absolute atomic E-state index is 13.3. The molecular formula is C21H26N4O4S. The predicted octanol–water partition coefficient (Wildman–Crippen LogP) is 2.39. The van der Waals surface area contributed by atoms with Crippen LogP contribution in [0.15, 0.2) is 34.0 Å². The second-order valence-electron chi connectivity index (χ2n) is 7.74. The van der Waals surface area contributed by atoms with Crippen LogP contribution in [0.25, 0.3) is 5.65 Å². The Hall–Kier alpha value is -2.65. The molecule has 0 amide bonds. The predicted molar refractivity (Wildman–Crippen MR) is 114 cm³/mol. The van der Waals surface area contributed by atoms with Gasteiger partial charge in [-0.15, -0.1) is 0 Å². The molecule has 0 aliphatic carbocycles. The summed E-state index contributed by atoms with van der Waals surface area (Å²) in [5, 5.41) is 3.15. The summed E-state index contributed by atoms with van der Waals surface area (Å²) >= 11 is 0. The van der Waals surface area contributed by atoms with E-state index in [0.717, 1.165) is 17.0 Å². The van der Waals surface area contributed by atoms with E-state index >= 15 is 0 Å². The third kappa shape index (κ3) is 3.31. The van der Waals surface area contributed by atoms with Crippen molar-refractivity contribution in [1.82, 2.24) is 18.9 Å². The maximum Gasteiger partial charge on any atom is 0.276 e. The number of benzene rings is 1. The minimum atomic E-state index is -3.69. The summed E-state index contributed by atoms with van der Waals surface area (Å²) in [6.45, 7) is 6.36. The largest absolute Gasteiger partial charge is 0.495 e. The van der Waals surface area contributed by atoms with E-state index in [4.69, 9.17) is 4.74 Å². The van der Waals surface area contributed by atoms with E-state index in [1.165, 1.54) is 15.9 Å². The summed E-state index contributed by atoms with van der Waals surface area (Å²) in [7, 11) is -2.22. The molecule has 30 heavy (non-hydrogen) atoms. The van der Waals surface area contributed by atoms with Gasteiger partial charge in [-0.05, 0) is 44.4 Å². The Morgan fingerprint density at radius 2 is 2.03 bits per heavy atom. The highest BCUT2D eigenvalue weighted by Crippen LogP contribution is 2.34. The molecule has 1 saturated heterocycles. The average molecular weight is 431 g/mol.